The molecule has 0 aliphatic carbocycles. The van der Waals surface area contributed by atoms with Gasteiger partial charge in [0.1, 0.15) is 5.69 Å². The lowest BCUT2D eigenvalue weighted by Gasteiger charge is -2.36. The highest BCUT2D eigenvalue weighted by molar-refractivity contribution is 9.10. The van der Waals surface area contributed by atoms with Crippen molar-refractivity contribution in [3.05, 3.63) is 20.8 Å². The molecule has 7 nitrogen and oxygen atoms in total. The van der Waals surface area contributed by atoms with Crippen LogP contribution in [0.25, 0.3) is 0 Å². The van der Waals surface area contributed by atoms with E-state index in [-0.39, 0.29) is 11.5 Å². The first kappa shape index (κ1) is 16.0. The summed E-state index contributed by atoms with van der Waals surface area (Å²) < 4.78 is 0.612. The van der Waals surface area contributed by atoms with Gasteiger partial charge in [0, 0.05) is 38.9 Å². The van der Waals surface area contributed by atoms with E-state index in [1.807, 2.05) is 4.90 Å². The average molecular weight is 358 g/mol. The highest BCUT2D eigenvalue weighted by Gasteiger charge is 2.29. The van der Waals surface area contributed by atoms with E-state index in [0.717, 1.165) is 32.7 Å². The molecule has 0 saturated carbocycles. The lowest BCUT2D eigenvalue weighted by molar-refractivity contribution is -0.383. The first-order valence-electron chi connectivity index (χ1n) is 6.95. The van der Waals surface area contributed by atoms with Gasteiger partial charge in [0.25, 0.3) is 0 Å². The van der Waals surface area contributed by atoms with Crippen LogP contribution in [-0.2, 0) is 0 Å². The molecule has 2 N–H and O–H groups in total. The molecule has 0 unspecified atom stereocenters. The van der Waals surface area contributed by atoms with Gasteiger partial charge in [-0.2, -0.15) is 0 Å². The number of piperazine rings is 1. The van der Waals surface area contributed by atoms with E-state index in [1.165, 1.54) is 6.20 Å². The van der Waals surface area contributed by atoms with Crippen LogP contribution >= 0.6 is 15.9 Å². The Balaban J connectivity index is 2.20. The SMILES string of the molecule is CC(C)CN1CCN(c2c(Br)cnc(N)c2[N+](=O)[O-])CC1. The summed E-state index contributed by atoms with van der Waals surface area (Å²) in [6, 6.07) is 0. The molecule has 0 amide bonds. The molecular formula is C13H20BrN5O2. The average Bonchev–Trinajstić information content (AvgIpc) is 2.41. The molecule has 116 valence electrons. The van der Waals surface area contributed by atoms with E-state index < -0.39 is 4.92 Å². The van der Waals surface area contributed by atoms with Crippen molar-refractivity contribution in [2.45, 2.75) is 13.8 Å². The third-order valence-corrected chi connectivity index (χ3v) is 4.08. The Morgan fingerprint density at radius 1 is 1.43 bits per heavy atom. The van der Waals surface area contributed by atoms with Crippen molar-refractivity contribution in [1.82, 2.24) is 9.88 Å². The lowest BCUT2D eigenvalue weighted by atomic mass is 10.2. The van der Waals surface area contributed by atoms with Crippen molar-refractivity contribution in [1.29, 1.82) is 0 Å². The summed E-state index contributed by atoms with van der Waals surface area (Å²) in [5, 5.41) is 11.3. The Morgan fingerprint density at radius 3 is 2.57 bits per heavy atom. The van der Waals surface area contributed by atoms with E-state index in [4.69, 9.17) is 5.73 Å². The molecule has 0 atom stereocenters. The molecule has 1 aliphatic heterocycles. The van der Waals surface area contributed by atoms with Crippen LogP contribution in [0.15, 0.2) is 10.7 Å². The topological polar surface area (TPSA) is 88.5 Å². The molecule has 1 saturated heterocycles. The minimum Gasteiger partial charge on any atom is -0.378 e. The van der Waals surface area contributed by atoms with E-state index in [0.29, 0.717) is 16.1 Å². The number of pyridine rings is 1. The number of hydrogen-bond donors (Lipinski definition) is 1. The Kier molecular flexibility index (Phi) is 5.00. The Hall–Kier alpha value is -1.41. The second-order valence-corrected chi connectivity index (χ2v) is 6.48. The summed E-state index contributed by atoms with van der Waals surface area (Å²) in [4.78, 5) is 19.1. The smallest absolute Gasteiger partial charge is 0.335 e. The fraction of sp³-hybridized carbons (Fsp3) is 0.615. The summed E-state index contributed by atoms with van der Waals surface area (Å²) in [5.41, 5.74) is 6.11. The number of aromatic nitrogens is 1. The highest BCUT2D eigenvalue weighted by Crippen LogP contribution is 2.38. The summed E-state index contributed by atoms with van der Waals surface area (Å²) in [7, 11) is 0. The van der Waals surface area contributed by atoms with Crippen LogP contribution in [0.2, 0.25) is 0 Å². The zero-order chi connectivity index (χ0) is 15.6. The number of anilines is 2. The zero-order valence-electron chi connectivity index (χ0n) is 12.3. The van der Waals surface area contributed by atoms with Gasteiger partial charge < -0.3 is 10.6 Å². The van der Waals surface area contributed by atoms with Crippen molar-refractivity contribution in [2.24, 2.45) is 5.92 Å². The predicted octanol–water partition coefficient (Wildman–Crippen LogP) is 2.11. The lowest BCUT2D eigenvalue weighted by Crippen LogP contribution is -2.47. The van der Waals surface area contributed by atoms with Gasteiger partial charge in [0.05, 0.1) is 9.40 Å². The predicted molar refractivity (Wildman–Crippen MR) is 86.5 cm³/mol. The first-order chi connectivity index (χ1) is 9.90. The third-order valence-electron chi connectivity index (χ3n) is 3.50. The molecule has 0 spiro atoms. The van der Waals surface area contributed by atoms with Crippen LogP contribution in [0, 0.1) is 16.0 Å². The van der Waals surface area contributed by atoms with E-state index >= 15 is 0 Å². The van der Waals surface area contributed by atoms with Crippen molar-refractivity contribution in [3.63, 3.8) is 0 Å². The minimum atomic E-state index is -0.455. The number of nitrogens with zero attached hydrogens (tertiary/aromatic N) is 4. The number of rotatable bonds is 4. The van der Waals surface area contributed by atoms with E-state index in [2.05, 4.69) is 39.7 Å². The largest absolute Gasteiger partial charge is 0.378 e. The molecule has 1 aromatic heterocycles. The minimum absolute atomic E-state index is 0.0391. The van der Waals surface area contributed by atoms with Crippen LogP contribution in [0.4, 0.5) is 17.2 Å². The van der Waals surface area contributed by atoms with Crippen molar-refractivity contribution in [2.75, 3.05) is 43.4 Å². The molecule has 21 heavy (non-hydrogen) atoms. The fourth-order valence-electron chi connectivity index (χ4n) is 2.63. The molecular weight excluding hydrogens is 338 g/mol. The molecule has 8 heteroatoms. The summed E-state index contributed by atoms with van der Waals surface area (Å²) >= 11 is 3.36. The third kappa shape index (κ3) is 3.62. The number of nitrogens with two attached hydrogens (primary N) is 1. The number of hydrogen-bond acceptors (Lipinski definition) is 6. The molecule has 2 rings (SSSR count). The van der Waals surface area contributed by atoms with Crippen LogP contribution < -0.4 is 10.6 Å². The van der Waals surface area contributed by atoms with Crippen molar-refractivity contribution >= 4 is 33.1 Å². The van der Waals surface area contributed by atoms with Crippen LogP contribution in [-0.4, -0.2) is 47.5 Å². The second kappa shape index (κ2) is 6.57. The maximum absolute atomic E-state index is 11.3. The fourth-order valence-corrected chi connectivity index (χ4v) is 3.18. The molecule has 1 fully saturated rings. The van der Waals surface area contributed by atoms with Crippen molar-refractivity contribution < 1.29 is 4.92 Å². The molecule has 2 heterocycles. The van der Waals surface area contributed by atoms with Crippen LogP contribution in [0.5, 0.6) is 0 Å². The monoisotopic (exact) mass is 357 g/mol. The Labute approximate surface area is 132 Å². The number of halogens is 1. The van der Waals surface area contributed by atoms with Gasteiger partial charge in [-0.1, -0.05) is 13.8 Å². The standard InChI is InChI=1S/C13H20BrN5O2/c1-9(2)8-17-3-5-18(6-4-17)11-10(14)7-16-13(15)12(11)19(20)21/h7,9H,3-6,8H2,1-2H3,(H2,15,16). The first-order valence-corrected chi connectivity index (χ1v) is 7.75. The second-order valence-electron chi connectivity index (χ2n) is 5.63. The van der Waals surface area contributed by atoms with Gasteiger partial charge in [-0.05, 0) is 21.8 Å². The summed E-state index contributed by atoms with van der Waals surface area (Å²) in [6.45, 7) is 8.71. The van der Waals surface area contributed by atoms with E-state index in [1.54, 1.807) is 0 Å². The number of nitro groups is 1. The van der Waals surface area contributed by atoms with Gasteiger partial charge >= 0.3 is 5.69 Å². The highest BCUT2D eigenvalue weighted by atomic mass is 79.9. The van der Waals surface area contributed by atoms with Gasteiger partial charge in [-0.25, -0.2) is 4.98 Å². The summed E-state index contributed by atoms with van der Waals surface area (Å²) in [6.07, 6.45) is 1.53. The van der Waals surface area contributed by atoms with Crippen LogP contribution in [0.3, 0.4) is 0 Å². The van der Waals surface area contributed by atoms with Gasteiger partial charge in [0.2, 0.25) is 5.82 Å². The van der Waals surface area contributed by atoms with Gasteiger partial charge in [0.15, 0.2) is 0 Å². The molecule has 0 aromatic carbocycles. The molecule has 1 aliphatic rings. The maximum Gasteiger partial charge on any atom is 0.335 e. The molecule has 0 bridgehead atoms. The van der Waals surface area contributed by atoms with Gasteiger partial charge in [-0.3, -0.25) is 15.0 Å². The van der Waals surface area contributed by atoms with Crippen LogP contribution in [0.1, 0.15) is 13.8 Å². The Morgan fingerprint density at radius 2 is 2.05 bits per heavy atom. The molecule has 1 aromatic rings. The normalized spacial score (nSPS) is 16.5. The quantitative estimate of drug-likeness (QED) is 0.655. The zero-order valence-corrected chi connectivity index (χ0v) is 13.8. The summed E-state index contributed by atoms with van der Waals surface area (Å²) in [5.74, 6) is 0.581. The Bertz CT molecular complexity index is 530. The van der Waals surface area contributed by atoms with Crippen molar-refractivity contribution in [3.8, 4) is 0 Å². The maximum atomic E-state index is 11.3. The van der Waals surface area contributed by atoms with Gasteiger partial charge in [-0.15, -0.1) is 0 Å². The molecule has 0 radical (unpaired) electrons. The number of nitrogen functional groups attached to an aromatic ring is 1. The van der Waals surface area contributed by atoms with E-state index in [9.17, 15) is 10.1 Å².